The van der Waals surface area contributed by atoms with E-state index >= 15 is 0 Å². The third-order valence-corrected chi connectivity index (χ3v) is 2.76. The number of benzene rings is 2. The van der Waals surface area contributed by atoms with Crippen molar-refractivity contribution in [2.75, 3.05) is 0 Å². The van der Waals surface area contributed by atoms with Crippen LogP contribution in [0, 0.1) is 17.7 Å². The fourth-order valence-electron chi connectivity index (χ4n) is 2.12. The summed E-state index contributed by atoms with van der Waals surface area (Å²) in [5, 5.41) is 10.8. The average Bonchev–Trinajstić information content (AvgIpc) is 2.37. The lowest BCUT2D eigenvalue weighted by Gasteiger charge is -2.25. The van der Waals surface area contributed by atoms with E-state index in [1.807, 2.05) is 0 Å². The number of aryl methyl sites for hydroxylation is 1. The molecule has 20 heavy (non-hydrogen) atoms. The molecule has 2 aromatic rings. The molecule has 3 rings (SSSR count). The van der Waals surface area contributed by atoms with Gasteiger partial charge in [0.15, 0.2) is 0 Å². The molecule has 0 saturated carbocycles. The number of carbonyl (C=O) groups excluding carboxylic acids is 2. The number of hydrogen-bond donors (Lipinski definition) is 2. The largest absolute Gasteiger partial charge is 0.231 e. The van der Waals surface area contributed by atoms with Crippen LogP contribution < -0.4 is 0 Å². The molecule has 0 saturated heterocycles. The van der Waals surface area contributed by atoms with E-state index in [1.54, 1.807) is 0 Å². The van der Waals surface area contributed by atoms with E-state index < -0.39 is 0 Å². The lowest BCUT2D eigenvalue weighted by molar-refractivity contribution is 0.562. The number of isocyanates is 2. The average molecular weight is 284 g/mol. The summed E-state index contributed by atoms with van der Waals surface area (Å²) in [6.45, 7) is 2.18. The SMILES string of the molecule is Cc1cccc2c1-c1ccccc1-2.N=C=O.N=C=O.[SiH4]. The predicted octanol–water partition coefficient (Wildman–Crippen LogP) is 1.99. The predicted molar refractivity (Wildman–Crippen MR) is 83.8 cm³/mol. The fraction of sp³-hybridized carbons (Fsp3) is 0.0667. The van der Waals surface area contributed by atoms with E-state index in [0.717, 1.165) is 12.2 Å². The molecule has 0 unspecified atom stereocenters. The minimum absolute atomic E-state index is 0. The van der Waals surface area contributed by atoms with Crippen LogP contribution in [0.3, 0.4) is 0 Å². The quantitative estimate of drug-likeness (QED) is 0.376. The number of hydrogen-bond acceptors (Lipinski definition) is 4. The highest BCUT2D eigenvalue weighted by Crippen LogP contribution is 2.48. The van der Waals surface area contributed by atoms with Crippen LogP contribution in [0.4, 0.5) is 0 Å². The third kappa shape index (κ3) is 3.46. The Morgan fingerprint density at radius 2 is 1.25 bits per heavy atom. The summed E-state index contributed by atoms with van der Waals surface area (Å²) < 4.78 is 0. The normalized spacial score (nSPS) is 8.25. The van der Waals surface area contributed by atoms with E-state index in [1.165, 1.54) is 27.8 Å². The summed E-state index contributed by atoms with van der Waals surface area (Å²) in [7, 11) is 0. The van der Waals surface area contributed by atoms with Crippen molar-refractivity contribution in [1.29, 1.82) is 10.8 Å². The van der Waals surface area contributed by atoms with Crippen molar-refractivity contribution in [3.63, 3.8) is 0 Å². The molecule has 0 aliphatic heterocycles. The van der Waals surface area contributed by atoms with Gasteiger partial charge in [-0.3, -0.25) is 0 Å². The van der Waals surface area contributed by atoms with E-state index in [-0.39, 0.29) is 11.0 Å². The Morgan fingerprint density at radius 1 is 0.800 bits per heavy atom. The maximum absolute atomic E-state index is 8.35. The molecule has 0 bridgehead atoms. The molecule has 0 aromatic heterocycles. The number of nitrogens with one attached hydrogen (secondary N) is 2. The molecule has 1 aliphatic rings. The summed E-state index contributed by atoms with van der Waals surface area (Å²) in [5.74, 6) is 0. The first kappa shape index (κ1) is 17.4. The summed E-state index contributed by atoms with van der Waals surface area (Å²) >= 11 is 0. The molecule has 1 aliphatic carbocycles. The van der Waals surface area contributed by atoms with Crippen LogP contribution >= 0.6 is 0 Å². The van der Waals surface area contributed by atoms with Gasteiger partial charge in [0, 0.05) is 0 Å². The molecule has 2 aromatic carbocycles. The van der Waals surface area contributed by atoms with Gasteiger partial charge in [0.05, 0.1) is 0 Å². The fourth-order valence-corrected chi connectivity index (χ4v) is 2.12. The van der Waals surface area contributed by atoms with Crippen molar-refractivity contribution in [3.8, 4) is 22.3 Å². The molecule has 0 fully saturated rings. The second-order valence-corrected chi connectivity index (χ2v) is 3.75. The number of fused-ring (bicyclic) bond motifs is 4. The van der Waals surface area contributed by atoms with E-state index in [0.29, 0.717) is 0 Å². The zero-order valence-electron chi connectivity index (χ0n) is 10.4. The van der Waals surface area contributed by atoms with E-state index in [9.17, 15) is 0 Å². The van der Waals surface area contributed by atoms with Crippen molar-refractivity contribution in [1.82, 2.24) is 0 Å². The van der Waals surface area contributed by atoms with E-state index in [2.05, 4.69) is 49.4 Å². The van der Waals surface area contributed by atoms with Crippen LogP contribution in [-0.4, -0.2) is 23.1 Å². The Bertz CT molecular complexity index is 645. The lowest BCUT2D eigenvalue weighted by Crippen LogP contribution is -1.99. The molecule has 0 amide bonds. The zero-order valence-corrected chi connectivity index (χ0v) is 10.4. The maximum atomic E-state index is 8.35. The molecule has 2 N–H and O–H groups in total. The molecule has 4 nitrogen and oxygen atoms in total. The van der Waals surface area contributed by atoms with Crippen LogP contribution in [0.2, 0.25) is 0 Å². The smallest absolute Gasteiger partial charge is 0.222 e. The highest BCUT2D eigenvalue weighted by Gasteiger charge is 2.22. The summed E-state index contributed by atoms with van der Waals surface area (Å²) in [6, 6.07) is 15.1. The van der Waals surface area contributed by atoms with Crippen LogP contribution in [0.15, 0.2) is 42.5 Å². The monoisotopic (exact) mass is 284 g/mol. The van der Waals surface area contributed by atoms with Gasteiger partial charge in [-0.1, -0.05) is 42.5 Å². The molecule has 0 heterocycles. The Kier molecular flexibility index (Phi) is 7.41. The lowest BCUT2D eigenvalue weighted by atomic mass is 9.78. The highest BCUT2D eigenvalue weighted by atomic mass is 28.1. The van der Waals surface area contributed by atoms with Crippen molar-refractivity contribution in [3.05, 3.63) is 48.0 Å². The number of rotatable bonds is 0. The van der Waals surface area contributed by atoms with Crippen molar-refractivity contribution in [2.45, 2.75) is 6.92 Å². The first-order valence-electron chi connectivity index (χ1n) is 5.48. The third-order valence-electron chi connectivity index (χ3n) is 2.76. The Balaban J connectivity index is 0.000000452. The van der Waals surface area contributed by atoms with Crippen molar-refractivity contribution in [2.24, 2.45) is 0 Å². The topological polar surface area (TPSA) is 81.8 Å². The van der Waals surface area contributed by atoms with Gasteiger partial charge in [-0.2, -0.15) is 0 Å². The first-order valence-corrected chi connectivity index (χ1v) is 5.48. The highest BCUT2D eigenvalue weighted by molar-refractivity contribution is 6.03. The molecule has 102 valence electrons. The molecule has 0 atom stereocenters. The molecular formula is C15H16N2O2Si. The summed E-state index contributed by atoms with van der Waals surface area (Å²) in [4.78, 5) is 16.7. The van der Waals surface area contributed by atoms with Gasteiger partial charge in [-0.15, -0.1) is 0 Å². The zero-order chi connectivity index (χ0) is 14.3. The van der Waals surface area contributed by atoms with Gasteiger partial charge >= 0.3 is 0 Å². The van der Waals surface area contributed by atoms with Gasteiger partial charge in [0.2, 0.25) is 12.2 Å². The van der Waals surface area contributed by atoms with Crippen molar-refractivity contribution >= 4 is 23.1 Å². The maximum Gasteiger partial charge on any atom is 0.231 e. The van der Waals surface area contributed by atoms with Crippen LogP contribution in [-0.2, 0) is 9.59 Å². The summed E-state index contributed by atoms with van der Waals surface area (Å²) in [5.41, 5.74) is 7.06. The van der Waals surface area contributed by atoms with Crippen LogP contribution in [0.25, 0.3) is 22.3 Å². The minimum atomic E-state index is 0. The van der Waals surface area contributed by atoms with E-state index in [4.69, 9.17) is 20.4 Å². The van der Waals surface area contributed by atoms with Crippen LogP contribution in [0.1, 0.15) is 5.56 Å². The van der Waals surface area contributed by atoms with Gasteiger partial charge in [0.25, 0.3) is 0 Å². The Morgan fingerprint density at radius 3 is 1.80 bits per heavy atom. The minimum Gasteiger partial charge on any atom is -0.222 e. The van der Waals surface area contributed by atoms with Gasteiger partial charge in [0.1, 0.15) is 0 Å². The first-order chi connectivity index (χ1) is 9.21. The molecule has 0 spiro atoms. The Hall–Kier alpha value is -2.58. The summed E-state index contributed by atoms with van der Waals surface area (Å²) in [6.07, 6.45) is 1.50. The van der Waals surface area contributed by atoms with Gasteiger partial charge in [-0.05, 0) is 45.7 Å². The van der Waals surface area contributed by atoms with Gasteiger partial charge < -0.3 is 0 Å². The van der Waals surface area contributed by atoms with Crippen molar-refractivity contribution < 1.29 is 9.59 Å². The van der Waals surface area contributed by atoms with Gasteiger partial charge in [-0.25, -0.2) is 20.4 Å². The molecular weight excluding hydrogens is 268 g/mol. The standard InChI is InChI=1S/C13H10.2CHNO.H4Si/c1-9-5-4-8-12-10-6-2-3-7-11(10)13(9)12;2*2-1-3;/h2-8H,1H3;2*2H;1H4. The molecule has 0 radical (unpaired) electrons. The second-order valence-electron chi connectivity index (χ2n) is 3.75. The second kappa shape index (κ2) is 8.51. The molecule has 5 heteroatoms. The van der Waals surface area contributed by atoms with Crippen LogP contribution in [0.5, 0.6) is 0 Å². The Labute approximate surface area is 121 Å².